The normalized spacial score (nSPS) is 19.3. The first-order valence-electron chi connectivity index (χ1n) is 6.81. The zero-order valence-corrected chi connectivity index (χ0v) is 14.2. The van der Waals surface area contributed by atoms with Crippen LogP contribution in [-0.2, 0) is 20.5 Å². The van der Waals surface area contributed by atoms with Crippen molar-refractivity contribution in [3.05, 3.63) is 35.4 Å². The van der Waals surface area contributed by atoms with Gasteiger partial charge in [-0.3, -0.25) is 0 Å². The molecule has 0 saturated carbocycles. The summed E-state index contributed by atoms with van der Waals surface area (Å²) in [4.78, 5) is 11.5. The number of halogens is 1. The molecule has 0 radical (unpaired) electrons. The first kappa shape index (κ1) is 18.9. The van der Waals surface area contributed by atoms with Crippen molar-refractivity contribution < 1.29 is 17.9 Å². The second-order valence-corrected chi connectivity index (χ2v) is 7.13. The first-order chi connectivity index (χ1) is 9.92. The third-order valence-corrected chi connectivity index (χ3v) is 5.24. The van der Waals surface area contributed by atoms with E-state index < -0.39 is 16.0 Å². The molecule has 8 heteroatoms. The highest BCUT2D eigenvalue weighted by Crippen LogP contribution is 2.15. The number of nitrogens with one attached hydrogen (secondary N) is 1. The van der Waals surface area contributed by atoms with Crippen LogP contribution in [-0.4, -0.2) is 51.5 Å². The van der Waals surface area contributed by atoms with Crippen LogP contribution < -0.4 is 5.32 Å². The summed E-state index contributed by atoms with van der Waals surface area (Å²) in [7, 11) is -2.08. The highest BCUT2D eigenvalue weighted by molar-refractivity contribution is 7.88. The molecule has 22 heavy (non-hydrogen) atoms. The van der Waals surface area contributed by atoms with Gasteiger partial charge in [-0.2, -0.15) is 4.31 Å². The lowest BCUT2D eigenvalue weighted by atomic mass is 10.1. The molecule has 2 rings (SSSR count). The van der Waals surface area contributed by atoms with Gasteiger partial charge in [-0.05, 0) is 24.6 Å². The van der Waals surface area contributed by atoms with Gasteiger partial charge in [-0.1, -0.05) is 12.1 Å². The number of benzene rings is 1. The number of sulfonamides is 1. The zero-order chi connectivity index (χ0) is 15.5. The van der Waals surface area contributed by atoms with Crippen LogP contribution in [0.3, 0.4) is 0 Å². The number of esters is 1. The molecule has 1 heterocycles. The maximum absolute atomic E-state index is 12.4. The van der Waals surface area contributed by atoms with Crippen LogP contribution in [0.25, 0.3) is 0 Å². The summed E-state index contributed by atoms with van der Waals surface area (Å²) in [5.74, 6) is -0.574. The Hall–Kier alpha value is -1.15. The van der Waals surface area contributed by atoms with Gasteiger partial charge in [0.05, 0.1) is 18.4 Å². The summed E-state index contributed by atoms with van der Waals surface area (Å²) in [5.41, 5.74) is 0.947. The number of hydrogen-bond donors (Lipinski definition) is 1. The smallest absolute Gasteiger partial charge is 0.337 e. The van der Waals surface area contributed by atoms with Gasteiger partial charge in [-0.15, -0.1) is 12.4 Å². The average molecular weight is 349 g/mol. The predicted octanol–water partition coefficient (Wildman–Crippen LogP) is 1.02. The summed E-state index contributed by atoms with van der Waals surface area (Å²) in [5, 5.41) is 3.21. The van der Waals surface area contributed by atoms with Gasteiger partial charge >= 0.3 is 5.97 Å². The molecule has 1 saturated heterocycles. The molecule has 124 valence electrons. The fourth-order valence-electron chi connectivity index (χ4n) is 2.36. The quantitative estimate of drug-likeness (QED) is 0.822. The van der Waals surface area contributed by atoms with Crippen LogP contribution in [0.1, 0.15) is 22.8 Å². The summed E-state index contributed by atoms with van der Waals surface area (Å²) in [6.45, 7) is 3.56. The lowest BCUT2D eigenvalue weighted by molar-refractivity contribution is 0.0600. The van der Waals surface area contributed by atoms with Crippen molar-refractivity contribution in [1.29, 1.82) is 0 Å². The maximum atomic E-state index is 12.4. The van der Waals surface area contributed by atoms with E-state index in [1.165, 1.54) is 11.4 Å². The molecule has 1 aromatic carbocycles. The molecule has 0 bridgehead atoms. The molecule has 1 atom stereocenters. The minimum absolute atomic E-state index is 0. The van der Waals surface area contributed by atoms with Crippen molar-refractivity contribution in [2.24, 2.45) is 0 Å². The molecule has 1 aromatic rings. The second kappa shape index (κ2) is 7.92. The van der Waals surface area contributed by atoms with Crippen molar-refractivity contribution >= 4 is 28.4 Å². The van der Waals surface area contributed by atoms with Gasteiger partial charge in [0.1, 0.15) is 0 Å². The van der Waals surface area contributed by atoms with Crippen molar-refractivity contribution in [2.75, 3.05) is 26.7 Å². The number of rotatable bonds is 4. The van der Waals surface area contributed by atoms with Gasteiger partial charge in [0.2, 0.25) is 10.0 Å². The van der Waals surface area contributed by atoms with E-state index in [0.29, 0.717) is 30.8 Å². The van der Waals surface area contributed by atoms with E-state index in [9.17, 15) is 13.2 Å². The van der Waals surface area contributed by atoms with Crippen LogP contribution in [0.2, 0.25) is 0 Å². The van der Waals surface area contributed by atoms with E-state index in [4.69, 9.17) is 0 Å². The van der Waals surface area contributed by atoms with Gasteiger partial charge in [0.25, 0.3) is 0 Å². The first-order valence-corrected chi connectivity index (χ1v) is 8.42. The Morgan fingerprint density at radius 2 is 2.18 bits per heavy atom. The Balaban J connectivity index is 0.00000242. The number of piperazine rings is 1. The largest absolute Gasteiger partial charge is 0.465 e. The van der Waals surface area contributed by atoms with E-state index in [2.05, 4.69) is 10.1 Å². The summed E-state index contributed by atoms with van der Waals surface area (Å²) < 4.78 is 31.0. The third kappa shape index (κ3) is 4.67. The van der Waals surface area contributed by atoms with Crippen LogP contribution in [0.4, 0.5) is 0 Å². The van der Waals surface area contributed by atoms with E-state index in [-0.39, 0.29) is 24.2 Å². The monoisotopic (exact) mass is 348 g/mol. The molecule has 6 nitrogen and oxygen atoms in total. The minimum Gasteiger partial charge on any atom is -0.465 e. The highest BCUT2D eigenvalue weighted by atomic mass is 35.5. The Labute approximate surface area is 137 Å². The molecule has 0 spiro atoms. The fourth-order valence-corrected chi connectivity index (χ4v) is 3.96. The van der Waals surface area contributed by atoms with Crippen LogP contribution in [0.15, 0.2) is 24.3 Å². The zero-order valence-electron chi connectivity index (χ0n) is 12.6. The number of nitrogens with zero attached hydrogens (tertiary/aromatic N) is 1. The van der Waals surface area contributed by atoms with Gasteiger partial charge in [0.15, 0.2) is 0 Å². The lowest BCUT2D eigenvalue weighted by Crippen LogP contribution is -2.51. The minimum atomic E-state index is -3.38. The molecular formula is C14H21ClN2O4S. The third-order valence-electron chi connectivity index (χ3n) is 3.42. The molecule has 1 aliphatic rings. The molecule has 1 aliphatic heterocycles. The van der Waals surface area contributed by atoms with E-state index in [1.54, 1.807) is 24.3 Å². The number of methoxy groups -OCH3 is 1. The lowest BCUT2D eigenvalue weighted by Gasteiger charge is -2.31. The predicted molar refractivity (Wildman–Crippen MR) is 86.7 cm³/mol. The standard InChI is InChI=1S/C14H20N2O4S.ClH/c1-11-9-16(7-6-15-11)21(18,19)10-12-4-3-5-13(8-12)14(17)20-2;/h3-5,8,11,15H,6-7,9-10H2,1-2H3;1H. The van der Waals surface area contributed by atoms with Crippen LogP contribution in [0, 0.1) is 0 Å². The highest BCUT2D eigenvalue weighted by Gasteiger charge is 2.27. The molecule has 1 unspecified atom stereocenters. The number of carbonyl (C=O) groups is 1. The average Bonchev–Trinajstić information content (AvgIpc) is 2.46. The Morgan fingerprint density at radius 1 is 1.45 bits per heavy atom. The number of hydrogen-bond acceptors (Lipinski definition) is 5. The maximum Gasteiger partial charge on any atom is 0.337 e. The SMILES string of the molecule is COC(=O)c1cccc(CS(=O)(=O)N2CCNC(C)C2)c1.Cl. The van der Waals surface area contributed by atoms with Crippen molar-refractivity contribution in [1.82, 2.24) is 9.62 Å². The van der Waals surface area contributed by atoms with Crippen molar-refractivity contribution in [2.45, 2.75) is 18.7 Å². The van der Waals surface area contributed by atoms with Crippen LogP contribution in [0.5, 0.6) is 0 Å². The molecule has 1 N–H and O–H groups in total. The summed E-state index contributed by atoms with van der Waals surface area (Å²) in [6, 6.07) is 6.69. The van der Waals surface area contributed by atoms with E-state index in [1.807, 2.05) is 6.92 Å². The molecule has 1 fully saturated rings. The Bertz CT molecular complexity index is 621. The topological polar surface area (TPSA) is 75.7 Å². The number of ether oxygens (including phenoxy) is 1. The van der Waals surface area contributed by atoms with Gasteiger partial charge in [-0.25, -0.2) is 13.2 Å². The van der Waals surface area contributed by atoms with E-state index >= 15 is 0 Å². The second-order valence-electron chi connectivity index (χ2n) is 5.16. The van der Waals surface area contributed by atoms with Gasteiger partial charge < -0.3 is 10.1 Å². The van der Waals surface area contributed by atoms with Crippen molar-refractivity contribution in [3.8, 4) is 0 Å². The number of carbonyl (C=O) groups excluding carboxylic acids is 1. The molecule has 0 aliphatic carbocycles. The summed E-state index contributed by atoms with van der Waals surface area (Å²) in [6.07, 6.45) is 0. The molecule has 0 aromatic heterocycles. The van der Waals surface area contributed by atoms with E-state index in [0.717, 1.165) is 0 Å². The van der Waals surface area contributed by atoms with Crippen molar-refractivity contribution in [3.63, 3.8) is 0 Å². The Morgan fingerprint density at radius 3 is 2.82 bits per heavy atom. The molecular weight excluding hydrogens is 328 g/mol. The summed E-state index contributed by atoms with van der Waals surface area (Å²) >= 11 is 0. The van der Waals surface area contributed by atoms with Gasteiger partial charge in [0, 0.05) is 25.7 Å². The van der Waals surface area contributed by atoms with Crippen LogP contribution >= 0.6 is 12.4 Å². The molecule has 0 amide bonds. The Kier molecular flexibility index (Phi) is 6.80. The fraction of sp³-hybridized carbons (Fsp3) is 0.500.